The third kappa shape index (κ3) is 3.76. The van der Waals surface area contributed by atoms with Gasteiger partial charge in [0.2, 0.25) is 5.91 Å². The lowest BCUT2D eigenvalue weighted by atomic mass is 9.95. The van der Waals surface area contributed by atoms with Gasteiger partial charge in [-0.15, -0.1) is 0 Å². The van der Waals surface area contributed by atoms with Gasteiger partial charge in [-0.2, -0.15) is 0 Å². The Morgan fingerprint density at radius 2 is 1.93 bits per heavy atom. The average Bonchev–Trinajstić information content (AvgIpc) is 3.12. The number of aryl methyl sites for hydroxylation is 1. The lowest BCUT2D eigenvalue weighted by Crippen LogP contribution is -2.49. The van der Waals surface area contributed by atoms with E-state index in [4.69, 9.17) is 16.3 Å². The Hall–Kier alpha value is -3.32. The molecule has 0 radical (unpaired) electrons. The number of halogens is 1. The van der Waals surface area contributed by atoms with Crippen LogP contribution in [-0.2, 0) is 20.7 Å². The highest BCUT2D eigenvalue weighted by Crippen LogP contribution is 2.37. The van der Waals surface area contributed by atoms with E-state index < -0.39 is 18.0 Å². The van der Waals surface area contributed by atoms with Crippen molar-refractivity contribution in [3.63, 3.8) is 0 Å². The number of ether oxygens (including phenoxy) is 1. The number of hydrogen-bond acceptors (Lipinski definition) is 4. The fourth-order valence-electron chi connectivity index (χ4n) is 3.59. The Labute approximate surface area is 178 Å². The average molecular weight is 426 g/mol. The van der Waals surface area contributed by atoms with Gasteiger partial charge in [-0.3, -0.25) is 9.69 Å². The van der Waals surface area contributed by atoms with Crippen LogP contribution in [0.1, 0.15) is 24.1 Å². The fourth-order valence-corrected chi connectivity index (χ4v) is 3.83. The second-order valence-electron chi connectivity index (χ2n) is 7.03. The summed E-state index contributed by atoms with van der Waals surface area (Å²) < 4.78 is 5.17. The van der Waals surface area contributed by atoms with Crippen LogP contribution in [0.15, 0.2) is 59.8 Å². The molecule has 0 aromatic heterocycles. The van der Waals surface area contributed by atoms with E-state index in [1.54, 1.807) is 24.3 Å². The van der Waals surface area contributed by atoms with E-state index in [0.717, 1.165) is 12.0 Å². The fraction of sp³-hybridized carbons (Fsp3) is 0.227. The maximum absolute atomic E-state index is 12.8. The largest absolute Gasteiger partial charge is 0.456 e. The minimum atomic E-state index is -0.725. The number of cyclic esters (lactones) is 1. The van der Waals surface area contributed by atoms with E-state index in [1.807, 2.05) is 24.3 Å². The molecule has 0 aliphatic carbocycles. The van der Waals surface area contributed by atoms with E-state index in [-0.39, 0.29) is 19.1 Å². The Bertz CT molecular complexity index is 1050. The van der Waals surface area contributed by atoms with Crippen LogP contribution in [0.4, 0.5) is 10.5 Å². The minimum Gasteiger partial charge on any atom is -0.456 e. The molecule has 30 heavy (non-hydrogen) atoms. The molecule has 2 aliphatic rings. The first-order chi connectivity index (χ1) is 14.5. The van der Waals surface area contributed by atoms with Gasteiger partial charge in [-0.05, 0) is 35.7 Å². The van der Waals surface area contributed by atoms with Crippen LogP contribution in [0.5, 0.6) is 0 Å². The van der Waals surface area contributed by atoms with Gasteiger partial charge in [0.25, 0.3) is 0 Å². The number of anilines is 1. The van der Waals surface area contributed by atoms with E-state index in [1.165, 1.54) is 4.90 Å². The highest BCUT2D eigenvalue weighted by Gasteiger charge is 2.43. The molecule has 0 spiro atoms. The van der Waals surface area contributed by atoms with Gasteiger partial charge in [-0.1, -0.05) is 48.9 Å². The second kappa shape index (κ2) is 8.20. The van der Waals surface area contributed by atoms with Gasteiger partial charge in [-0.25, -0.2) is 9.59 Å². The third-order valence-corrected chi connectivity index (χ3v) is 5.51. The van der Waals surface area contributed by atoms with Crippen molar-refractivity contribution in [2.24, 2.45) is 0 Å². The zero-order chi connectivity index (χ0) is 21.3. The second-order valence-corrected chi connectivity index (χ2v) is 7.43. The predicted molar refractivity (Wildman–Crippen MR) is 112 cm³/mol. The van der Waals surface area contributed by atoms with Crippen LogP contribution < -0.4 is 10.6 Å². The van der Waals surface area contributed by atoms with Crippen molar-refractivity contribution < 1.29 is 19.1 Å². The van der Waals surface area contributed by atoms with E-state index in [0.29, 0.717) is 27.5 Å². The quantitative estimate of drug-likeness (QED) is 0.718. The molecule has 1 atom stereocenters. The van der Waals surface area contributed by atoms with Crippen LogP contribution in [-0.4, -0.2) is 36.0 Å². The summed E-state index contributed by atoms with van der Waals surface area (Å²) in [6.45, 7) is 1.74. The SMILES string of the molecule is CCc1ccc(NC(=O)CN2C(=O)N[C@H](c3ccccc3Cl)C3=C2COC3=O)cc1. The summed E-state index contributed by atoms with van der Waals surface area (Å²) in [6, 6.07) is 13.2. The summed E-state index contributed by atoms with van der Waals surface area (Å²) in [6.07, 6.45) is 0.903. The molecule has 8 heteroatoms. The molecule has 0 fully saturated rings. The van der Waals surface area contributed by atoms with E-state index in [2.05, 4.69) is 17.6 Å². The summed E-state index contributed by atoms with van der Waals surface area (Å²) in [7, 11) is 0. The molecule has 0 bridgehead atoms. The van der Waals surface area contributed by atoms with Crippen molar-refractivity contribution in [2.75, 3.05) is 18.5 Å². The van der Waals surface area contributed by atoms with Crippen LogP contribution in [0.25, 0.3) is 0 Å². The maximum Gasteiger partial charge on any atom is 0.338 e. The molecule has 2 aromatic carbocycles. The van der Waals surface area contributed by atoms with Crippen molar-refractivity contribution >= 4 is 35.2 Å². The number of hydrogen-bond donors (Lipinski definition) is 2. The molecule has 0 saturated heterocycles. The van der Waals surface area contributed by atoms with Crippen molar-refractivity contribution in [3.8, 4) is 0 Å². The normalized spacial score (nSPS) is 18.1. The predicted octanol–water partition coefficient (Wildman–Crippen LogP) is 3.42. The molecule has 2 aromatic rings. The number of carbonyl (C=O) groups excluding carboxylic acids is 3. The summed E-state index contributed by atoms with van der Waals surface area (Å²) in [5.41, 5.74) is 3.06. The van der Waals surface area contributed by atoms with Crippen LogP contribution in [0.3, 0.4) is 0 Å². The smallest absolute Gasteiger partial charge is 0.338 e. The lowest BCUT2D eigenvalue weighted by molar-refractivity contribution is -0.136. The van der Waals surface area contributed by atoms with Crippen molar-refractivity contribution in [1.29, 1.82) is 0 Å². The Kier molecular flexibility index (Phi) is 5.46. The zero-order valence-corrected chi connectivity index (χ0v) is 17.0. The maximum atomic E-state index is 12.8. The van der Waals surface area contributed by atoms with E-state index >= 15 is 0 Å². The number of amides is 3. The first-order valence-corrected chi connectivity index (χ1v) is 9.97. The number of nitrogens with zero attached hydrogens (tertiary/aromatic N) is 1. The van der Waals surface area contributed by atoms with Crippen LogP contribution in [0.2, 0.25) is 5.02 Å². The Morgan fingerprint density at radius 3 is 2.63 bits per heavy atom. The van der Waals surface area contributed by atoms with Crippen LogP contribution in [0, 0.1) is 0 Å². The van der Waals surface area contributed by atoms with Crippen LogP contribution >= 0.6 is 11.6 Å². The topological polar surface area (TPSA) is 87.7 Å². The molecule has 4 rings (SSSR count). The summed E-state index contributed by atoms with van der Waals surface area (Å²) in [5.74, 6) is -0.910. The molecule has 7 nitrogen and oxygen atoms in total. The number of benzene rings is 2. The molecular weight excluding hydrogens is 406 g/mol. The van der Waals surface area contributed by atoms with Gasteiger partial charge in [0, 0.05) is 10.7 Å². The van der Waals surface area contributed by atoms with Gasteiger partial charge >= 0.3 is 12.0 Å². The molecule has 2 N–H and O–H groups in total. The monoisotopic (exact) mass is 425 g/mol. The zero-order valence-electron chi connectivity index (χ0n) is 16.3. The Balaban J connectivity index is 1.57. The molecule has 2 aliphatic heterocycles. The lowest BCUT2D eigenvalue weighted by Gasteiger charge is -2.32. The van der Waals surface area contributed by atoms with Gasteiger partial charge in [0.05, 0.1) is 17.3 Å². The van der Waals surface area contributed by atoms with Crippen molar-refractivity contribution in [2.45, 2.75) is 19.4 Å². The molecule has 3 amide bonds. The number of carbonyl (C=O) groups is 3. The summed E-state index contributed by atoms with van der Waals surface area (Å²) in [5, 5.41) is 5.97. The van der Waals surface area contributed by atoms with Crippen molar-refractivity contribution in [1.82, 2.24) is 10.2 Å². The number of esters is 1. The van der Waals surface area contributed by atoms with E-state index in [9.17, 15) is 14.4 Å². The Morgan fingerprint density at radius 1 is 1.20 bits per heavy atom. The molecular formula is C22H20ClN3O4. The standard InChI is InChI=1S/C22H20ClN3O4/c1-2-13-7-9-14(10-8-13)24-18(27)11-26-17-12-30-21(28)19(17)20(25-22(26)29)15-5-3-4-6-16(15)23/h3-10,20H,2,11-12H2,1H3,(H,24,27)(H,25,29)/t20-/m1/s1. The van der Waals surface area contributed by atoms with Gasteiger partial charge in [0.1, 0.15) is 13.2 Å². The summed E-state index contributed by atoms with van der Waals surface area (Å²) >= 11 is 6.27. The number of nitrogens with one attached hydrogen (secondary N) is 2. The highest BCUT2D eigenvalue weighted by molar-refractivity contribution is 6.31. The first kappa shape index (κ1) is 20.0. The number of rotatable bonds is 5. The minimum absolute atomic E-state index is 0.0684. The highest BCUT2D eigenvalue weighted by atomic mass is 35.5. The molecule has 0 unspecified atom stereocenters. The molecule has 0 saturated carbocycles. The number of urea groups is 1. The van der Waals surface area contributed by atoms with Crippen molar-refractivity contribution in [3.05, 3.63) is 76.0 Å². The van der Waals surface area contributed by atoms with Gasteiger partial charge in [0.15, 0.2) is 0 Å². The first-order valence-electron chi connectivity index (χ1n) is 9.59. The summed E-state index contributed by atoms with van der Waals surface area (Å²) in [4.78, 5) is 39.0. The molecule has 2 heterocycles. The third-order valence-electron chi connectivity index (χ3n) is 5.16. The van der Waals surface area contributed by atoms with Gasteiger partial charge < -0.3 is 15.4 Å². The molecule has 154 valence electrons.